The fourth-order valence-corrected chi connectivity index (χ4v) is 5.05. The molecule has 1 aliphatic heterocycles. The lowest BCUT2D eigenvalue weighted by Gasteiger charge is -2.24. The zero-order valence-corrected chi connectivity index (χ0v) is 41.0. The van der Waals surface area contributed by atoms with Gasteiger partial charge in [0.1, 0.15) is 28.9 Å². The molecule has 0 aliphatic carbocycles. The van der Waals surface area contributed by atoms with E-state index in [1.807, 2.05) is 50.8 Å². The summed E-state index contributed by atoms with van der Waals surface area (Å²) in [4.78, 5) is 55.3. The van der Waals surface area contributed by atoms with Crippen molar-refractivity contribution in [1.29, 1.82) is 0 Å². The number of Topliss-reactive ketones (excluding diaryl/α,β-unsaturated/α-hetero) is 1. The zero-order valence-electron chi connectivity index (χ0n) is 39.4. The van der Waals surface area contributed by atoms with Crippen molar-refractivity contribution in [2.75, 3.05) is 6.54 Å². The van der Waals surface area contributed by atoms with Crippen LogP contribution >= 0.6 is 18.3 Å². The number of aromatic carboxylic acids is 1. The van der Waals surface area contributed by atoms with E-state index in [0.717, 1.165) is 45.1 Å². The monoisotopic (exact) mass is 904 g/mol. The van der Waals surface area contributed by atoms with Crippen LogP contribution in [0.4, 0.5) is 4.79 Å². The van der Waals surface area contributed by atoms with Gasteiger partial charge in [0.05, 0.1) is 6.04 Å². The molecule has 3 aromatic rings. The minimum Gasteiger partial charge on any atom is -0.476 e. The summed E-state index contributed by atoms with van der Waals surface area (Å²) < 4.78 is 25.0. The summed E-state index contributed by atoms with van der Waals surface area (Å²) in [5.74, 6) is 0.397. The number of halogens is 1. The number of hydrogen-bond donors (Lipinski definition) is 3. The minimum absolute atomic E-state index is 0.0105. The molecule has 2 aromatic heterocycles. The molecule has 1 fully saturated rings. The number of unbranched alkanes of at least 4 members (excludes halogenated alkanes) is 2. The maximum absolute atomic E-state index is 12.9. The third-order valence-electron chi connectivity index (χ3n) is 8.59. The van der Waals surface area contributed by atoms with Gasteiger partial charge in [-0.25, -0.2) is 19.6 Å². The molecule has 17 heteroatoms. The van der Waals surface area contributed by atoms with Crippen LogP contribution in [0.2, 0.25) is 0 Å². The molecule has 2 amide bonds. The predicted octanol–water partition coefficient (Wildman–Crippen LogP) is 11.7. The predicted molar refractivity (Wildman–Crippen MR) is 249 cm³/mol. The number of ketones is 1. The number of nitrogens with zero attached hydrogens (tertiary/aromatic N) is 3. The summed E-state index contributed by atoms with van der Waals surface area (Å²) >= 11 is 4.56. The second-order valence-corrected chi connectivity index (χ2v) is 16.9. The van der Waals surface area contributed by atoms with Gasteiger partial charge in [0, 0.05) is 19.0 Å². The molecule has 0 saturated carbocycles. The summed E-state index contributed by atoms with van der Waals surface area (Å²) in [5.41, 5.74) is 6.86. The quantitative estimate of drug-likeness (QED) is 0.0671. The molecule has 0 bridgehead atoms. The van der Waals surface area contributed by atoms with Crippen molar-refractivity contribution < 1.29 is 42.4 Å². The van der Waals surface area contributed by atoms with Gasteiger partial charge in [-0.3, -0.25) is 4.79 Å². The number of carbonyl (C=O) groups excluding carboxylic acids is 3. The standard InChI is InChI=1S/C21H29N3O2.C12H18N2O5.C4H8O.C4H10.C4H8.BClOP/c1-15(22)20-23-19(16(2)26-20)21(25)24-14-8-13-18(24)12-7-6-11-17-9-4-3-5-10-17;1-6(13-11(17)19-12(3,4)5)9-14-8(10(15)16)7(2)18-9;1-3-4(2)5;2*1-3-4-2;1-4(2)3/h3-5,9-10,15,18H,6-8,11-14,22H2,1-2H3;6H,1-5H3,(H,13,17)(H,15,16);3H2,1-2H3;3-4H2,1-2H3;3-4H,1-2H3;/q;;;;;+1/b;;;;4-3+;. The topological polar surface area (TPSA) is 208 Å². The summed E-state index contributed by atoms with van der Waals surface area (Å²) in [7, 11) is 2.49. The third kappa shape index (κ3) is 27.6. The van der Waals surface area contributed by atoms with Crippen LogP contribution in [-0.4, -0.2) is 69.5 Å². The smallest absolute Gasteiger partial charge is 0.476 e. The van der Waals surface area contributed by atoms with Crippen LogP contribution < -0.4 is 11.1 Å². The molecule has 4 N–H and O–H groups in total. The van der Waals surface area contributed by atoms with E-state index in [1.54, 1.807) is 41.5 Å². The summed E-state index contributed by atoms with van der Waals surface area (Å²) in [5, 5.41) is 11.4. The molecular weight excluding hydrogens is 832 g/mol. The van der Waals surface area contributed by atoms with Crippen LogP contribution in [0, 0.1) is 13.8 Å². The summed E-state index contributed by atoms with van der Waals surface area (Å²) in [6, 6.07) is 10.0. The fraction of sp³-hybridized carbons (Fsp3) is 0.600. The third-order valence-corrected chi connectivity index (χ3v) is 8.59. The van der Waals surface area contributed by atoms with Crippen molar-refractivity contribution >= 4 is 49.6 Å². The van der Waals surface area contributed by atoms with Crippen molar-refractivity contribution in [1.82, 2.24) is 20.2 Å². The van der Waals surface area contributed by atoms with Gasteiger partial charge in [-0.2, -0.15) is 0 Å². The van der Waals surface area contributed by atoms with Gasteiger partial charge in [0.25, 0.3) is 5.91 Å². The highest BCUT2D eigenvalue weighted by atomic mass is 35.7. The van der Waals surface area contributed by atoms with E-state index in [2.05, 4.69) is 72.2 Å². The Bertz CT molecular complexity index is 1770. The highest BCUT2D eigenvalue weighted by molar-refractivity contribution is 7.93. The molecule has 62 heavy (non-hydrogen) atoms. The number of likely N-dealkylation sites (tertiary alicyclic amines) is 1. The Morgan fingerprint density at radius 1 is 1.00 bits per heavy atom. The SMILES string of the molecule is C/C=C/C.CCC(C)=O.CCCC.Cc1oc(C(C)N)nc1C(=O)N1CCCC1CCCCc1ccccc1.Cc1oc(C(C)NC(=O)OC(C)(C)C)nc1C(=O)O.[B][P+](=O)Cl. The number of carbonyl (C=O) groups is 4. The summed E-state index contributed by atoms with van der Waals surface area (Å²) in [6.07, 6.45) is 13.3. The van der Waals surface area contributed by atoms with Crippen molar-refractivity contribution in [2.45, 2.75) is 172 Å². The first-order valence-electron chi connectivity index (χ1n) is 21.2. The zero-order chi connectivity index (χ0) is 48.0. The molecule has 3 heterocycles. The Kier molecular flexibility index (Phi) is 32.1. The molecule has 1 aliphatic rings. The number of nitrogens with one attached hydrogen (secondary N) is 1. The number of hydrogen-bond acceptors (Lipinski definition) is 11. The maximum Gasteiger partial charge on any atom is 0.532 e. The molecule has 4 unspecified atom stereocenters. The minimum atomic E-state index is -1.90. The number of alkyl carbamates (subject to hydrolysis) is 1. The maximum atomic E-state index is 12.9. The Morgan fingerprint density at radius 3 is 1.92 bits per heavy atom. The van der Waals surface area contributed by atoms with Gasteiger partial charge in [0.15, 0.2) is 22.6 Å². The number of carboxylic acids is 1. The van der Waals surface area contributed by atoms with E-state index >= 15 is 0 Å². The molecule has 14 nitrogen and oxygen atoms in total. The number of nitrogens with two attached hydrogens (primary N) is 1. The number of ether oxygens (including phenoxy) is 1. The second-order valence-electron chi connectivity index (χ2n) is 15.4. The molecule has 2 radical (unpaired) electrons. The molecule has 4 atom stereocenters. The van der Waals surface area contributed by atoms with E-state index in [0.29, 0.717) is 29.8 Å². The Balaban J connectivity index is 0. The van der Waals surface area contributed by atoms with Crippen molar-refractivity contribution in [2.24, 2.45) is 5.73 Å². The van der Waals surface area contributed by atoms with Gasteiger partial charge in [0.2, 0.25) is 11.8 Å². The van der Waals surface area contributed by atoms with Crippen LogP contribution in [0.1, 0.15) is 189 Å². The highest BCUT2D eigenvalue weighted by Crippen LogP contribution is 2.26. The van der Waals surface area contributed by atoms with E-state index in [-0.39, 0.29) is 35.1 Å². The van der Waals surface area contributed by atoms with E-state index in [4.69, 9.17) is 29.0 Å². The van der Waals surface area contributed by atoms with Crippen LogP contribution in [0.15, 0.2) is 51.3 Å². The summed E-state index contributed by atoms with van der Waals surface area (Å²) in [6.45, 7) is 24.6. The van der Waals surface area contributed by atoms with Gasteiger partial charge < -0.3 is 39.4 Å². The van der Waals surface area contributed by atoms with Gasteiger partial charge in [-0.05, 0) is 107 Å². The number of rotatable bonds is 12. The van der Waals surface area contributed by atoms with Crippen molar-refractivity contribution in [3.8, 4) is 0 Å². The average Bonchev–Trinajstić information content (AvgIpc) is 3.95. The highest BCUT2D eigenvalue weighted by Gasteiger charge is 2.32. The van der Waals surface area contributed by atoms with Crippen molar-refractivity contribution in [3.05, 3.63) is 82.7 Å². The first-order chi connectivity index (χ1) is 29.0. The number of carboxylic acid groups (broad SMARTS) is 1. The second kappa shape index (κ2) is 33.3. The number of allylic oxidation sites excluding steroid dienone is 2. The van der Waals surface area contributed by atoms with Crippen LogP contribution in [0.25, 0.3) is 0 Å². The Hall–Kier alpha value is -4.33. The van der Waals surface area contributed by atoms with E-state index < -0.39 is 30.7 Å². The Labute approximate surface area is 377 Å². The Morgan fingerprint density at radius 2 is 1.50 bits per heavy atom. The van der Waals surface area contributed by atoms with Crippen molar-refractivity contribution in [3.63, 3.8) is 0 Å². The van der Waals surface area contributed by atoms with Gasteiger partial charge >= 0.3 is 26.7 Å². The molecule has 0 spiro atoms. The lowest BCUT2D eigenvalue weighted by Crippen LogP contribution is -2.36. The number of amides is 2. The average molecular weight is 905 g/mol. The van der Waals surface area contributed by atoms with Gasteiger partial charge in [-0.15, -0.1) is 0 Å². The molecule has 346 valence electrons. The number of aryl methyl sites for hydroxylation is 3. The number of oxazole rings is 2. The normalized spacial score (nSPS) is 14.0. The van der Waals surface area contributed by atoms with Crippen LogP contribution in [0.5, 0.6) is 0 Å². The fourth-order valence-electron chi connectivity index (χ4n) is 5.05. The van der Waals surface area contributed by atoms with E-state index in [1.165, 1.54) is 25.3 Å². The molecular formula is C45H73BClN5O9P+. The van der Waals surface area contributed by atoms with Crippen LogP contribution in [0.3, 0.4) is 0 Å². The first-order valence-corrected chi connectivity index (χ1v) is 23.4. The first kappa shape index (κ1) is 59.8. The lowest BCUT2D eigenvalue weighted by atomic mass is 10.0. The molecule has 4 rings (SSSR count). The molecule has 1 aromatic carbocycles. The largest absolute Gasteiger partial charge is 0.532 e. The number of aromatic nitrogens is 2. The van der Waals surface area contributed by atoms with E-state index in [9.17, 15) is 19.2 Å². The van der Waals surface area contributed by atoms with Gasteiger partial charge in [-0.1, -0.05) is 87.1 Å². The molecule has 1 saturated heterocycles. The lowest BCUT2D eigenvalue weighted by molar-refractivity contribution is -0.116. The number of benzene rings is 1. The van der Waals surface area contributed by atoms with Crippen LogP contribution in [-0.2, 0) is 20.5 Å².